The summed E-state index contributed by atoms with van der Waals surface area (Å²) in [4.78, 5) is 14.0. The predicted molar refractivity (Wildman–Crippen MR) is 75.3 cm³/mol. The quantitative estimate of drug-likeness (QED) is 0.722. The van der Waals surface area contributed by atoms with Gasteiger partial charge >= 0.3 is 0 Å². The van der Waals surface area contributed by atoms with E-state index in [1.165, 1.54) is 25.7 Å². The fraction of sp³-hybridized carbons (Fsp3) is 0.929. The number of hydrogen-bond donors (Lipinski definition) is 2. The number of rotatable bonds is 7. The molecule has 1 unspecified atom stereocenters. The first-order valence-electron chi connectivity index (χ1n) is 7.22. The molecule has 3 N–H and O–H groups in total. The maximum absolute atomic E-state index is 11.8. The van der Waals surface area contributed by atoms with Crippen molar-refractivity contribution in [3.63, 3.8) is 0 Å². The van der Waals surface area contributed by atoms with Crippen LogP contribution in [0.3, 0.4) is 0 Å². The van der Waals surface area contributed by atoms with E-state index in [2.05, 4.69) is 17.3 Å². The summed E-state index contributed by atoms with van der Waals surface area (Å²) in [5, 5.41) is 2.93. The van der Waals surface area contributed by atoms with E-state index >= 15 is 0 Å². The number of nitrogens with two attached hydrogens (primary N) is 1. The molecule has 0 spiro atoms. The van der Waals surface area contributed by atoms with E-state index in [0.29, 0.717) is 13.0 Å². The van der Waals surface area contributed by atoms with Crippen LogP contribution in [0.15, 0.2) is 0 Å². The topological polar surface area (TPSA) is 58.4 Å². The zero-order valence-electron chi connectivity index (χ0n) is 12.1. The second-order valence-electron chi connectivity index (χ2n) is 5.91. The molecule has 1 fully saturated rings. The first-order chi connectivity index (χ1) is 8.52. The van der Waals surface area contributed by atoms with Gasteiger partial charge in [-0.2, -0.15) is 0 Å². The van der Waals surface area contributed by atoms with Gasteiger partial charge in [0.05, 0.1) is 0 Å². The number of amides is 1. The molecule has 18 heavy (non-hydrogen) atoms. The SMILES string of the molecule is CC(C)NC(=O)CC(CN)N(C)CC1CCCC1. The van der Waals surface area contributed by atoms with E-state index in [-0.39, 0.29) is 18.0 Å². The summed E-state index contributed by atoms with van der Waals surface area (Å²) in [5.41, 5.74) is 5.81. The predicted octanol–water partition coefficient (Wildman–Crippen LogP) is 1.35. The van der Waals surface area contributed by atoms with Crippen molar-refractivity contribution in [2.45, 2.75) is 58.0 Å². The molecule has 0 aromatic carbocycles. The maximum Gasteiger partial charge on any atom is 0.221 e. The van der Waals surface area contributed by atoms with Crippen molar-refractivity contribution >= 4 is 5.91 Å². The van der Waals surface area contributed by atoms with Gasteiger partial charge in [0, 0.05) is 31.6 Å². The van der Waals surface area contributed by atoms with Crippen LogP contribution < -0.4 is 11.1 Å². The highest BCUT2D eigenvalue weighted by Gasteiger charge is 2.22. The number of likely N-dealkylation sites (N-methyl/N-ethyl adjacent to an activating group) is 1. The van der Waals surface area contributed by atoms with Gasteiger partial charge in [-0.25, -0.2) is 0 Å². The van der Waals surface area contributed by atoms with Gasteiger partial charge in [-0.15, -0.1) is 0 Å². The third-order valence-corrected chi connectivity index (χ3v) is 3.79. The summed E-state index contributed by atoms with van der Waals surface area (Å²) < 4.78 is 0. The molecule has 1 aliphatic rings. The monoisotopic (exact) mass is 255 g/mol. The fourth-order valence-electron chi connectivity index (χ4n) is 2.76. The van der Waals surface area contributed by atoms with Crippen molar-refractivity contribution in [2.75, 3.05) is 20.1 Å². The van der Waals surface area contributed by atoms with E-state index in [1.807, 2.05) is 13.8 Å². The van der Waals surface area contributed by atoms with Crippen LogP contribution in [-0.2, 0) is 4.79 Å². The summed E-state index contributed by atoms with van der Waals surface area (Å²) in [6, 6.07) is 0.375. The van der Waals surface area contributed by atoms with Crippen LogP contribution in [0.1, 0.15) is 46.0 Å². The second-order valence-corrected chi connectivity index (χ2v) is 5.91. The van der Waals surface area contributed by atoms with Crippen LogP contribution in [0, 0.1) is 5.92 Å². The lowest BCUT2D eigenvalue weighted by Gasteiger charge is -2.29. The van der Waals surface area contributed by atoms with Crippen LogP contribution in [0.2, 0.25) is 0 Å². The van der Waals surface area contributed by atoms with E-state index in [1.54, 1.807) is 0 Å². The lowest BCUT2D eigenvalue weighted by atomic mass is 10.1. The number of nitrogens with zero attached hydrogens (tertiary/aromatic N) is 1. The molecule has 4 nitrogen and oxygen atoms in total. The standard InChI is InChI=1S/C14H29N3O/c1-11(2)16-14(18)8-13(9-15)17(3)10-12-6-4-5-7-12/h11-13H,4-10,15H2,1-3H3,(H,16,18). The Morgan fingerprint density at radius 2 is 2.00 bits per heavy atom. The second kappa shape index (κ2) is 7.74. The van der Waals surface area contributed by atoms with Crippen molar-refractivity contribution in [1.82, 2.24) is 10.2 Å². The Bertz CT molecular complexity index is 249. The van der Waals surface area contributed by atoms with Crippen molar-refractivity contribution in [3.05, 3.63) is 0 Å². The largest absolute Gasteiger partial charge is 0.354 e. The Labute approximate surface area is 111 Å². The van der Waals surface area contributed by atoms with Crippen molar-refractivity contribution in [2.24, 2.45) is 11.7 Å². The van der Waals surface area contributed by atoms with Gasteiger partial charge in [-0.3, -0.25) is 4.79 Å². The summed E-state index contributed by atoms with van der Waals surface area (Å²) in [7, 11) is 2.10. The average Bonchev–Trinajstić information content (AvgIpc) is 2.77. The minimum atomic E-state index is 0.110. The molecule has 1 aliphatic carbocycles. The molecule has 4 heteroatoms. The van der Waals surface area contributed by atoms with E-state index in [0.717, 1.165) is 12.5 Å². The summed E-state index contributed by atoms with van der Waals surface area (Å²) in [5.74, 6) is 0.913. The Morgan fingerprint density at radius 3 is 2.50 bits per heavy atom. The molecule has 0 heterocycles. The first-order valence-corrected chi connectivity index (χ1v) is 7.22. The number of nitrogens with one attached hydrogen (secondary N) is 1. The Hall–Kier alpha value is -0.610. The average molecular weight is 255 g/mol. The highest BCUT2D eigenvalue weighted by Crippen LogP contribution is 2.25. The number of hydrogen-bond acceptors (Lipinski definition) is 3. The molecule has 0 aliphatic heterocycles. The molecule has 1 rings (SSSR count). The zero-order valence-corrected chi connectivity index (χ0v) is 12.1. The van der Waals surface area contributed by atoms with Gasteiger partial charge in [0.2, 0.25) is 5.91 Å². The summed E-state index contributed by atoms with van der Waals surface area (Å²) >= 11 is 0. The van der Waals surface area contributed by atoms with Gasteiger partial charge in [0.25, 0.3) is 0 Å². The van der Waals surface area contributed by atoms with Crippen LogP contribution in [0.25, 0.3) is 0 Å². The minimum absolute atomic E-state index is 0.110. The molecule has 1 atom stereocenters. The lowest BCUT2D eigenvalue weighted by Crippen LogP contribution is -2.44. The van der Waals surface area contributed by atoms with Crippen molar-refractivity contribution in [1.29, 1.82) is 0 Å². The van der Waals surface area contributed by atoms with Gasteiger partial charge in [0.15, 0.2) is 0 Å². The molecule has 106 valence electrons. The van der Waals surface area contributed by atoms with Crippen LogP contribution in [0.4, 0.5) is 0 Å². The van der Waals surface area contributed by atoms with Gasteiger partial charge in [0.1, 0.15) is 0 Å². The zero-order chi connectivity index (χ0) is 13.5. The van der Waals surface area contributed by atoms with Crippen LogP contribution >= 0.6 is 0 Å². The molecular formula is C14H29N3O. The van der Waals surface area contributed by atoms with Gasteiger partial charge in [-0.1, -0.05) is 12.8 Å². The van der Waals surface area contributed by atoms with E-state index in [4.69, 9.17) is 5.73 Å². The van der Waals surface area contributed by atoms with Crippen molar-refractivity contribution < 1.29 is 4.79 Å². The Kier molecular flexibility index (Phi) is 6.65. The highest BCUT2D eigenvalue weighted by molar-refractivity contribution is 5.76. The molecule has 1 amide bonds. The molecule has 0 radical (unpaired) electrons. The third-order valence-electron chi connectivity index (χ3n) is 3.79. The van der Waals surface area contributed by atoms with Gasteiger partial charge < -0.3 is 16.0 Å². The van der Waals surface area contributed by atoms with Crippen LogP contribution in [-0.4, -0.2) is 43.0 Å². The number of carbonyl (C=O) groups excluding carboxylic acids is 1. The minimum Gasteiger partial charge on any atom is -0.354 e. The van der Waals surface area contributed by atoms with E-state index < -0.39 is 0 Å². The molecule has 0 aromatic rings. The molecule has 1 saturated carbocycles. The number of carbonyl (C=O) groups is 1. The Morgan fingerprint density at radius 1 is 1.39 bits per heavy atom. The maximum atomic E-state index is 11.8. The molecule has 0 bridgehead atoms. The molecular weight excluding hydrogens is 226 g/mol. The van der Waals surface area contributed by atoms with E-state index in [9.17, 15) is 4.79 Å². The normalized spacial score (nSPS) is 18.6. The highest BCUT2D eigenvalue weighted by atomic mass is 16.1. The fourth-order valence-corrected chi connectivity index (χ4v) is 2.76. The Balaban J connectivity index is 2.36. The lowest BCUT2D eigenvalue weighted by molar-refractivity contribution is -0.122. The van der Waals surface area contributed by atoms with Crippen molar-refractivity contribution in [3.8, 4) is 0 Å². The van der Waals surface area contributed by atoms with Crippen LogP contribution in [0.5, 0.6) is 0 Å². The summed E-state index contributed by atoms with van der Waals surface area (Å²) in [6.07, 6.45) is 5.90. The smallest absolute Gasteiger partial charge is 0.221 e. The molecule has 0 saturated heterocycles. The van der Waals surface area contributed by atoms with Gasteiger partial charge in [-0.05, 0) is 39.7 Å². The summed E-state index contributed by atoms with van der Waals surface area (Å²) in [6.45, 7) is 5.60. The third kappa shape index (κ3) is 5.36. The molecule has 0 aromatic heterocycles. The first kappa shape index (κ1) is 15.4.